The zero-order valence-electron chi connectivity index (χ0n) is 8.42. The second kappa shape index (κ2) is 2.47. The summed E-state index contributed by atoms with van der Waals surface area (Å²) in [6.45, 7) is 6.38. The molecule has 2 saturated heterocycles. The van der Waals surface area contributed by atoms with E-state index in [9.17, 15) is 4.79 Å². The summed E-state index contributed by atoms with van der Waals surface area (Å²) in [6.07, 6.45) is 1.73. The number of ether oxygens (including phenoxy) is 2. The molecule has 0 aromatic carbocycles. The quantitative estimate of drug-likeness (QED) is 0.579. The van der Waals surface area contributed by atoms with Gasteiger partial charge in [0.2, 0.25) is 0 Å². The van der Waals surface area contributed by atoms with Crippen LogP contribution in [0.1, 0.15) is 33.6 Å². The Bertz CT molecular complexity index is 228. The first kappa shape index (κ1) is 9.00. The van der Waals surface area contributed by atoms with Gasteiger partial charge in [-0.05, 0) is 39.5 Å². The maximum absolute atomic E-state index is 11.7. The van der Waals surface area contributed by atoms with Gasteiger partial charge in [-0.1, -0.05) is 0 Å². The Kier molecular flexibility index (Phi) is 1.71. The molecule has 0 radical (unpaired) electrons. The summed E-state index contributed by atoms with van der Waals surface area (Å²) in [6, 6.07) is 0. The van der Waals surface area contributed by atoms with Crippen molar-refractivity contribution in [1.29, 1.82) is 0 Å². The molecule has 0 N–H and O–H groups in total. The lowest BCUT2D eigenvalue weighted by Gasteiger charge is -2.35. The van der Waals surface area contributed by atoms with Crippen molar-refractivity contribution in [3.8, 4) is 0 Å². The highest BCUT2D eigenvalue weighted by molar-refractivity contribution is 5.82. The lowest BCUT2D eigenvalue weighted by molar-refractivity contribution is -0.180. The zero-order valence-corrected chi connectivity index (χ0v) is 8.42. The molecule has 3 nitrogen and oxygen atoms in total. The molecule has 74 valence electrons. The van der Waals surface area contributed by atoms with E-state index in [4.69, 9.17) is 9.47 Å². The lowest BCUT2D eigenvalue weighted by atomic mass is 9.74. The van der Waals surface area contributed by atoms with E-state index in [0.717, 1.165) is 19.4 Å². The summed E-state index contributed by atoms with van der Waals surface area (Å²) in [5.41, 5.74) is -0.958. The lowest BCUT2D eigenvalue weighted by Crippen LogP contribution is -2.48. The van der Waals surface area contributed by atoms with Gasteiger partial charge in [0.25, 0.3) is 0 Å². The maximum Gasteiger partial charge on any atom is 0.338 e. The number of carbonyl (C=O) groups excluding carboxylic acids is 1. The molecule has 2 aliphatic heterocycles. The van der Waals surface area contributed by atoms with Crippen molar-refractivity contribution in [2.45, 2.75) is 44.8 Å². The van der Waals surface area contributed by atoms with Crippen molar-refractivity contribution in [1.82, 2.24) is 0 Å². The second-order valence-electron chi connectivity index (χ2n) is 5.08. The third-order valence-electron chi connectivity index (χ3n) is 2.60. The van der Waals surface area contributed by atoms with Gasteiger partial charge in [-0.3, -0.25) is 0 Å². The fourth-order valence-electron chi connectivity index (χ4n) is 1.98. The van der Waals surface area contributed by atoms with Gasteiger partial charge < -0.3 is 9.47 Å². The second-order valence-corrected chi connectivity index (χ2v) is 5.08. The van der Waals surface area contributed by atoms with Crippen LogP contribution in [0.4, 0.5) is 0 Å². The standard InChI is InChI=1S/C10H16O3/c1-9(2,3)13-8(11)10-4-7(5-10)6-12-10/h7H,4-6H2,1-3H3. The number of fused-ring (bicyclic) bond motifs is 1. The molecule has 13 heavy (non-hydrogen) atoms. The van der Waals surface area contributed by atoms with Crippen molar-refractivity contribution in [3.63, 3.8) is 0 Å². The summed E-state index contributed by atoms with van der Waals surface area (Å²) in [5.74, 6) is 0.432. The van der Waals surface area contributed by atoms with Crippen LogP contribution in [-0.2, 0) is 14.3 Å². The Labute approximate surface area is 78.4 Å². The molecule has 3 rings (SSSR count). The Hall–Kier alpha value is -0.570. The van der Waals surface area contributed by atoms with E-state index < -0.39 is 11.2 Å². The molecule has 2 bridgehead atoms. The van der Waals surface area contributed by atoms with Crippen molar-refractivity contribution in [3.05, 3.63) is 0 Å². The molecular weight excluding hydrogens is 168 g/mol. The average molecular weight is 184 g/mol. The van der Waals surface area contributed by atoms with E-state index in [1.54, 1.807) is 0 Å². The van der Waals surface area contributed by atoms with Crippen LogP contribution >= 0.6 is 0 Å². The van der Waals surface area contributed by atoms with Gasteiger partial charge in [-0.15, -0.1) is 0 Å². The number of hydrogen-bond donors (Lipinski definition) is 0. The van der Waals surface area contributed by atoms with E-state index in [0.29, 0.717) is 5.92 Å². The average Bonchev–Trinajstić information content (AvgIpc) is 2.35. The Balaban J connectivity index is 1.98. The molecule has 0 unspecified atom stereocenters. The van der Waals surface area contributed by atoms with E-state index in [-0.39, 0.29) is 5.97 Å². The fourth-order valence-corrected chi connectivity index (χ4v) is 1.98. The smallest absolute Gasteiger partial charge is 0.338 e. The van der Waals surface area contributed by atoms with E-state index in [1.807, 2.05) is 20.8 Å². The predicted molar refractivity (Wildman–Crippen MR) is 47.3 cm³/mol. The fraction of sp³-hybridized carbons (Fsp3) is 0.900. The molecule has 1 saturated carbocycles. The molecule has 2 heterocycles. The minimum atomic E-state index is -0.558. The van der Waals surface area contributed by atoms with Crippen LogP contribution in [0.2, 0.25) is 0 Å². The van der Waals surface area contributed by atoms with E-state index >= 15 is 0 Å². The summed E-state index contributed by atoms with van der Waals surface area (Å²) < 4.78 is 10.7. The summed E-state index contributed by atoms with van der Waals surface area (Å²) >= 11 is 0. The molecule has 0 aromatic rings. The molecule has 1 aliphatic carbocycles. The minimum absolute atomic E-state index is 0.172. The highest BCUT2D eigenvalue weighted by atomic mass is 16.6. The van der Waals surface area contributed by atoms with Crippen molar-refractivity contribution < 1.29 is 14.3 Å². The first-order valence-electron chi connectivity index (χ1n) is 4.79. The number of esters is 1. The van der Waals surface area contributed by atoms with Crippen LogP contribution in [0.25, 0.3) is 0 Å². The monoisotopic (exact) mass is 184 g/mol. The van der Waals surface area contributed by atoms with Crippen LogP contribution in [0.3, 0.4) is 0 Å². The molecule has 0 spiro atoms. The van der Waals surface area contributed by atoms with Crippen molar-refractivity contribution in [2.75, 3.05) is 6.61 Å². The van der Waals surface area contributed by atoms with Crippen LogP contribution in [0.15, 0.2) is 0 Å². The molecule has 0 amide bonds. The first-order chi connectivity index (χ1) is 5.91. The molecule has 3 heteroatoms. The molecule has 0 atom stereocenters. The summed E-state index contributed by atoms with van der Waals surface area (Å²) in [7, 11) is 0. The van der Waals surface area contributed by atoms with Gasteiger partial charge in [0.1, 0.15) is 5.60 Å². The van der Waals surface area contributed by atoms with Gasteiger partial charge in [-0.2, -0.15) is 0 Å². The van der Waals surface area contributed by atoms with Crippen molar-refractivity contribution in [2.24, 2.45) is 5.92 Å². The van der Waals surface area contributed by atoms with E-state index in [2.05, 4.69) is 0 Å². The Morgan fingerprint density at radius 2 is 2.08 bits per heavy atom. The highest BCUT2D eigenvalue weighted by Gasteiger charge is 2.58. The third kappa shape index (κ3) is 1.46. The van der Waals surface area contributed by atoms with Crippen LogP contribution in [-0.4, -0.2) is 23.8 Å². The molecule has 3 aliphatic rings. The first-order valence-corrected chi connectivity index (χ1v) is 4.79. The van der Waals surface area contributed by atoms with E-state index in [1.165, 1.54) is 0 Å². The topological polar surface area (TPSA) is 35.5 Å². The SMILES string of the molecule is CC(C)(C)OC(=O)C12CC(CO1)C2. The maximum atomic E-state index is 11.7. The zero-order chi connectivity index (χ0) is 9.69. The molecule has 3 fully saturated rings. The Morgan fingerprint density at radius 1 is 1.46 bits per heavy atom. The van der Waals surface area contributed by atoms with Crippen LogP contribution in [0.5, 0.6) is 0 Å². The van der Waals surface area contributed by atoms with Gasteiger partial charge in [-0.25, -0.2) is 4.79 Å². The number of carbonyl (C=O) groups is 1. The van der Waals surface area contributed by atoms with Crippen LogP contribution in [0, 0.1) is 5.92 Å². The highest BCUT2D eigenvalue weighted by Crippen LogP contribution is 2.49. The third-order valence-corrected chi connectivity index (χ3v) is 2.60. The number of rotatable bonds is 1. The van der Waals surface area contributed by atoms with Gasteiger partial charge in [0, 0.05) is 0 Å². The summed E-state index contributed by atoms with van der Waals surface area (Å²) in [4.78, 5) is 11.7. The van der Waals surface area contributed by atoms with Gasteiger partial charge in [0.15, 0.2) is 5.60 Å². The van der Waals surface area contributed by atoms with Crippen LogP contribution < -0.4 is 0 Å². The van der Waals surface area contributed by atoms with Gasteiger partial charge >= 0.3 is 5.97 Å². The minimum Gasteiger partial charge on any atom is -0.458 e. The number of hydrogen-bond acceptors (Lipinski definition) is 3. The molecular formula is C10H16O3. The normalized spacial score (nSPS) is 37.0. The largest absolute Gasteiger partial charge is 0.458 e. The summed E-state index contributed by atoms with van der Waals surface area (Å²) in [5, 5.41) is 0. The van der Waals surface area contributed by atoms with Gasteiger partial charge in [0.05, 0.1) is 6.61 Å². The molecule has 0 aromatic heterocycles. The Morgan fingerprint density at radius 3 is 2.46 bits per heavy atom. The van der Waals surface area contributed by atoms with Crippen molar-refractivity contribution >= 4 is 5.97 Å². The predicted octanol–water partition coefficient (Wildman–Crippen LogP) is 1.51.